The molecule has 2 rings (SSSR count). The van der Waals surface area contributed by atoms with E-state index in [1.807, 2.05) is 37.3 Å². The normalized spacial score (nSPS) is 21.8. The van der Waals surface area contributed by atoms with Gasteiger partial charge in [0.25, 0.3) is 0 Å². The van der Waals surface area contributed by atoms with Gasteiger partial charge in [-0.3, -0.25) is 4.79 Å². The number of carboxylic acids is 1. The highest BCUT2D eigenvalue weighted by Gasteiger charge is 2.53. The van der Waals surface area contributed by atoms with Crippen LogP contribution in [0.5, 0.6) is 0 Å². The number of urea groups is 1. The molecular weight excluding hydrogens is 337 g/mol. The number of carboxylic acid groups (broad SMARTS) is 1. The molecule has 2 amide bonds. The molecule has 25 heavy (non-hydrogen) atoms. The van der Waals surface area contributed by atoms with Crippen LogP contribution in [0.2, 0.25) is 0 Å². The van der Waals surface area contributed by atoms with Crippen molar-refractivity contribution < 1.29 is 27.9 Å². The van der Waals surface area contributed by atoms with E-state index < -0.39 is 43.1 Å². The molecule has 1 aliphatic heterocycles. The van der Waals surface area contributed by atoms with Gasteiger partial charge in [0, 0.05) is 19.1 Å². The Morgan fingerprint density at radius 2 is 1.92 bits per heavy atom. The lowest BCUT2D eigenvalue weighted by Gasteiger charge is -2.23. The predicted octanol–water partition coefficient (Wildman–Crippen LogP) is 2.91. The first kappa shape index (κ1) is 19.1. The zero-order chi connectivity index (χ0) is 18.6. The molecule has 1 fully saturated rings. The smallest absolute Gasteiger partial charge is 0.394 e. The van der Waals surface area contributed by atoms with E-state index >= 15 is 0 Å². The molecule has 0 saturated carbocycles. The van der Waals surface area contributed by atoms with Crippen molar-refractivity contribution in [2.75, 3.05) is 13.1 Å². The Labute approximate surface area is 143 Å². The maximum Gasteiger partial charge on any atom is 0.394 e. The van der Waals surface area contributed by atoms with Crippen LogP contribution in [0.25, 0.3) is 0 Å². The summed E-state index contributed by atoms with van der Waals surface area (Å²) < 4.78 is 39.0. The summed E-state index contributed by atoms with van der Waals surface area (Å²) in [6.07, 6.45) is -3.48. The van der Waals surface area contributed by atoms with Crippen molar-refractivity contribution in [1.29, 1.82) is 0 Å². The maximum atomic E-state index is 13.0. The summed E-state index contributed by atoms with van der Waals surface area (Å²) in [7, 11) is 0. The lowest BCUT2D eigenvalue weighted by Crippen LogP contribution is -2.45. The van der Waals surface area contributed by atoms with Crippen LogP contribution in [0.4, 0.5) is 18.0 Å². The van der Waals surface area contributed by atoms with E-state index in [1.165, 1.54) is 0 Å². The highest BCUT2D eigenvalue weighted by molar-refractivity contribution is 5.78. The van der Waals surface area contributed by atoms with Gasteiger partial charge in [-0.15, -0.1) is 0 Å². The first-order chi connectivity index (χ1) is 11.7. The maximum absolute atomic E-state index is 13.0. The summed E-state index contributed by atoms with van der Waals surface area (Å²) in [5, 5.41) is 11.7. The number of benzene rings is 1. The Morgan fingerprint density at radius 1 is 1.28 bits per heavy atom. The average Bonchev–Trinajstić information content (AvgIpc) is 3.01. The van der Waals surface area contributed by atoms with Crippen LogP contribution in [0.1, 0.15) is 18.9 Å². The average molecular weight is 358 g/mol. The Bertz CT molecular complexity index is 607. The summed E-state index contributed by atoms with van der Waals surface area (Å²) in [5.41, 5.74) is 1.01. The standard InChI is InChI=1S/C17H21F3N2O3/c1-2-12(8-11-6-4-3-5-7-11)21-16(25)22-9-13(15(23)24)14(10-22)17(18,19)20/h3-7,12-14H,2,8-10H2,1H3,(H,21,25)(H,23,24)/t12?,13-,14-/m1/s1. The zero-order valence-corrected chi connectivity index (χ0v) is 13.8. The number of hydrogen-bond donors (Lipinski definition) is 2. The van der Waals surface area contributed by atoms with Gasteiger partial charge < -0.3 is 15.3 Å². The van der Waals surface area contributed by atoms with Crippen LogP contribution in [-0.4, -0.2) is 47.3 Å². The topological polar surface area (TPSA) is 69.6 Å². The number of alkyl halides is 3. The van der Waals surface area contributed by atoms with Crippen LogP contribution in [0.3, 0.4) is 0 Å². The van der Waals surface area contributed by atoms with Gasteiger partial charge >= 0.3 is 18.2 Å². The third kappa shape index (κ3) is 4.87. The molecule has 3 atom stereocenters. The van der Waals surface area contributed by atoms with Crippen LogP contribution < -0.4 is 5.32 Å². The quantitative estimate of drug-likeness (QED) is 0.850. The third-order valence-electron chi connectivity index (χ3n) is 4.49. The molecule has 5 nitrogen and oxygen atoms in total. The van der Waals surface area contributed by atoms with E-state index in [2.05, 4.69) is 5.32 Å². The first-order valence-corrected chi connectivity index (χ1v) is 8.11. The van der Waals surface area contributed by atoms with Crippen molar-refractivity contribution in [2.45, 2.75) is 32.0 Å². The molecule has 0 bridgehead atoms. The summed E-state index contributed by atoms with van der Waals surface area (Å²) in [5.74, 6) is -5.20. The number of amides is 2. The number of rotatable bonds is 5. The molecule has 1 saturated heterocycles. The third-order valence-corrected chi connectivity index (χ3v) is 4.49. The summed E-state index contributed by atoms with van der Waals surface area (Å²) >= 11 is 0. The number of aliphatic carboxylic acids is 1. The lowest BCUT2D eigenvalue weighted by atomic mass is 9.96. The van der Waals surface area contributed by atoms with Crippen LogP contribution in [-0.2, 0) is 11.2 Å². The van der Waals surface area contributed by atoms with Crippen molar-refractivity contribution in [3.05, 3.63) is 35.9 Å². The second-order valence-corrected chi connectivity index (χ2v) is 6.24. The van der Waals surface area contributed by atoms with Crippen LogP contribution in [0, 0.1) is 11.8 Å². The van der Waals surface area contributed by atoms with Crippen molar-refractivity contribution in [2.24, 2.45) is 11.8 Å². The lowest BCUT2D eigenvalue weighted by molar-refractivity contribution is -0.187. The second-order valence-electron chi connectivity index (χ2n) is 6.24. The largest absolute Gasteiger partial charge is 0.481 e. The molecule has 1 aliphatic rings. The zero-order valence-electron chi connectivity index (χ0n) is 13.8. The van der Waals surface area contributed by atoms with Crippen LogP contribution >= 0.6 is 0 Å². The van der Waals surface area contributed by atoms with E-state index in [4.69, 9.17) is 5.11 Å². The minimum absolute atomic E-state index is 0.233. The highest BCUT2D eigenvalue weighted by Crippen LogP contribution is 2.37. The van der Waals surface area contributed by atoms with E-state index in [9.17, 15) is 22.8 Å². The molecule has 2 N–H and O–H groups in total. The molecule has 0 aromatic heterocycles. The van der Waals surface area contributed by atoms with Gasteiger partial charge in [-0.05, 0) is 18.4 Å². The fourth-order valence-electron chi connectivity index (χ4n) is 3.01. The van der Waals surface area contributed by atoms with E-state index in [0.29, 0.717) is 12.8 Å². The number of nitrogens with one attached hydrogen (secondary N) is 1. The fraction of sp³-hybridized carbons (Fsp3) is 0.529. The Morgan fingerprint density at radius 3 is 2.40 bits per heavy atom. The number of carbonyl (C=O) groups is 2. The molecule has 1 heterocycles. The molecule has 8 heteroatoms. The highest BCUT2D eigenvalue weighted by atomic mass is 19.4. The minimum Gasteiger partial charge on any atom is -0.481 e. The van der Waals surface area contributed by atoms with Gasteiger partial charge in [0.05, 0.1) is 11.8 Å². The molecule has 138 valence electrons. The first-order valence-electron chi connectivity index (χ1n) is 8.11. The number of halogens is 3. The van der Waals surface area contributed by atoms with Gasteiger partial charge in [-0.25, -0.2) is 4.79 Å². The summed E-state index contributed by atoms with van der Waals surface area (Å²) in [6, 6.07) is 8.54. The van der Waals surface area contributed by atoms with Gasteiger partial charge in [-0.1, -0.05) is 37.3 Å². The minimum atomic E-state index is -4.65. The molecule has 1 aromatic carbocycles. The monoisotopic (exact) mass is 358 g/mol. The fourth-order valence-corrected chi connectivity index (χ4v) is 3.01. The van der Waals surface area contributed by atoms with Crippen LogP contribution in [0.15, 0.2) is 30.3 Å². The van der Waals surface area contributed by atoms with Crippen molar-refractivity contribution in [3.63, 3.8) is 0 Å². The molecule has 0 spiro atoms. The molecule has 0 aliphatic carbocycles. The predicted molar refractivity (Wildman–Crippen MR) is 85.0 cm³/mol. The number of carbonyl (C=O) groups excluding carboxylic acids is 1. The van der Waals surface area contributed by atoms with Crippen molar-refractivity contribution in [3.8, 4) is 0 Å². The number of likely N-dealkylation sites (tertiary alicyclic amines) is 1. The molecule has 1 aromatic rings. The summed E-state index contributed by atoms with van der Waals surface area (Å²) in [6.45, 7) is 0.803. The van der Waals surface area contributed by atoms with E-state index in [1.54, 1.807) is 0 Å². The van der Waals surface area contributed by atoms with E-state index in [0.717, 1.165) is 10.5 Å². The van der Waals surface area contributed by atoms with Gasteiger partial charge in [0.2, 0.25) is 0 Å². The molecular formula is C17H21F3N2O3. The van der Waals surface area contributed by atoms with E-state index in [-0.39, 0.29) is 6.04 Å². The van der Waals surface area contributed by atoms with Gasteiger partial charge in [0.15, 0.2) is 0 Å². The Hall–Kier alpha value is -2.25. The number of nitrogens with zero attached hydrogens (tertiary/aromatic N) is 1. The van der Waals surface area contributed by atoms with Gasteiger partial charge in [-0.2, -0.15) is 13.2 Å². The van der Waals surface area contributed by atoms with Gasteiger partial charge in [0.1, 0.15) is 0 Å². The Balaban J connectivity index is 2.01. The Kier molecular flexibility index (Phi) is 5.92. The summed E-state index contributed by atoms with van der Waals surface area (Å²) in [4.78, 5) is 24.3. The number of hydrogen-bond acceptors (Lipinski definition) is 2. The van der Waals surface area contributed by atoms with Crippen molar-refractivity contribution >= 4 is 12.0 Å². The SMILES string of the molecule is CCC(Cc1ccccc1)NC(=O)N1C[C@@H](C(F)(F)F)[C@H](C(=O)O)C1. The molecule has 0 radical (unpaired) electrons. The molecule has 1 unspecified atom stereocenters. The van der Waals surface area contributed by atoms with Crippen molar-refractivity contribution in [1.82, 2.24) is 10.2 Å². The second kappa shape index (κ2) is 7.76.